The number of para-hydroxylation sites is 1. The lowest BCUT2D eigenvalue weighted by Crippen LogP contribution is -2.31. The molecule has 0 heterocycles. The first-order valence-electron chi connectivity index (χ1n) is 12.3. The topological polar surface area (TPSA) is 84.9 Å². The van der Waals surface area contributed by atoms with Crippen molar-refractivity contribution in [3.05, 3.63) is 112 Å². The number of carbonyl (C=O) groups excluding carboxylic acids is 1. The van der Waals surface area contributed by atoms with E-state index in [1.807, 2.05) is 32.0 Å². The summed E-state index contributed by atoms with van der Waals surface area (Å²) in [4.78, 5) is 14.7. The van der Waals surface area contributed by atoms with Crippen molar-refractivity contribution in [2.45, 2.75) is 18.7 Å². The van der Waals surface area contributed by atoms with E-state index in [0.717, 1.165) is 16.9 Å². The van der Waals surface area contributed by atoms with Gasteiger partial charge in [0.25, 0.3) is 15.9 Å². The number of amides is 1. The first-order chi connectivity index (χ1) is 19.0. The van der Waals surface area contributed by atoms with E-state index >= 15 is 0 Å². The van der Waals surface area contributed by atoms with Gasteiger partial charge in [0.15, 0.2) is 0 Å². The number of halogens is 2. The van der Waals surface area contributed by atoms with Crippen molar-refractivity contribution in [2.24, 2.45) is 0 Å². The monoisotopic (exact) mass is 598 g/mol. The van der Waals surface area contributed by atoms with Crippen LogP contribution in [0.1, 0.15) is 21.5 Å². The Labute approximate surface area is 244 Å². The normalized spacial score (nSPS) is 11.1. The molecule has 4 aromatic rings. The van der Waals surface area contributed by atoms with Crippen LogP contribution in [0.4, 0.5) is 5.69 Å². The lowest BCUT2D eigenvalue weighted by molar-refractivity contribution is 0.0774. The first kappa shape index (κ1) is 29.3. The Morgan fingerprint density at radius 3 is 2.23 bits per heavy atom. The molecule has 0 aliphatic carbocycles. The van der Waals surface area contributed by atoms with Crippen LogP contribution in [-0.2, 0) is 10.0 Å². The van der Waals surface area contributed by atoms with E-state index in [1.54, 1.807) is 31.3 Å². The molecule has 7 nitrogen and oxygen atoms in total. The fourth-order valence-electron chi connectivity index (χ4n) is 3.95. The number of nitrogens with one attached hydrogen (secondary N) is 1. The third-order valence-corrected chi connectivity index (χ3v) is 7.82. The number of likely N-dealkylation sites (N-methyl/N-ethyl adjacent to an activating group) is 1. The van der Waals surface area contributed by atoms with Crippen molar-refractivity contribution < 1.29 is 22.7 Å². The Kier molecular flexibility index (Phi) is 9.25. The maximum atomic E-state index is 13.3. The molecular formula is C30H28Cl2N2O5S. The van der Waals surface area contributed by atoms with Crippen molar-refractivity contribution in [2.75, 3.05) is 24.9 Å². The number of rotatable bonds is 10. The number of carbonyl (C=O) groups is 1. The number of ether oxygens (including phenoxy) is 2. The molecule has 0 radical (unpaired) electrons. The van der Waals surface area contributed by atoms with Gasteiger partial charge < -0.3 is 14.4 Å². The molecule has 0 aliphatic heterocycles. The number of aryl methyl sites for hydroxylation is 2. The zero-order chi connectivity index (χ0) is 28.9. The van der Waals surface area contributed by atoms with Gasteiger partial charge in [0.2, 0.25) is 0 Å². The highest BCUT2D eigenvalue weighted by Crippen LogP contribution is 2.30. The summed E-state index contributed by atoms with van der Waals surface area (Å²) in [5.74, 6) is 1.18. The average Bonchev–Trinajstić information content (AvgIpc) is 2.90. The molecule has 4 rings (SSSR count). The fourth-order valence-corrected chi connectivity index (χ4v) is 5.38. The number of benzene rings is 4. The number of nitrogens with zero attached hydrogens (tertiary/aromatic N) is 1. The summed E-state index contributed by atoms with van der Waals surface area (Å²) < 4.78 is 40.4. The molecule has 0 saturated heterocycles. The summed E-state index contributed by atoms with van der Waals surface area (Å²) in [7, 11) is -2.42. The summed E-state index contributed by atoms with van der Waals surface area (Å²) in [6, 6.07) is 23.1. The van der Waals surface area contributed by atoms with Gasteiger partial charge in [0, 0.05) is 12.1 Å². The lowest BCUT2D eigenvalue weighted by atomic mass is 10.1. The number of hydrogen-bond acceptors (Lipinski definition) is 5. The number of sulfonamides is 1. The van der Waals surface area contributed by atoms with Crippen molar-refractivity contribution in [1.29, 1.82) is 0 Å². The summed E-state index contributed by atoms with van der Waals surface area (Å²) >= 11 is 12.3. The predicted molar refractivity (Wildman–Crippen MR) is 159 cm³/mol. The summed E-state index contributed by atoms with van der Waals surface area (Å²) in [6.07, 6.45) is 0. The Morgan fingerprint density at radius 2 is 1.55 bits per heavy atom. The van der Waals surface area contributed by atoms with Crippen LogP contribution in [0.25, 0.3) is 0 Å². The molecule has 0 aliphatic rings. The van der Waals surface area contributed by atoms with Crippen molar-refractivity contribution in [1.82, 2.24) is 4.90 Å². The molecule has 0 spiro atoms. The van der Waals surface area contributed by atoms with E-state index in [0.29, 0.717) is 21.5 Å². The molecule has 0 unspecified atom stereocenters. The van der Waals surface area contributed by atoms with Gasteiger partial charge in [0.1, 0.15) is 23.9 Å². The van der Waals surface area contributed by atoms with E-state index in [1.165, 1.54) is 47.4 Å². The van der Waals surface area contributed by atoms with Gasteiger partial charge >= 0.3 is 0 Å². The first-order valence-corrected chi connectivity index (χ1v) is 14.6. The van der Waals surface area contributed by atoms with Gasteiger partial charge in [0.05, 0.1) is 27.7 Å². The van der Waals surface area contributed by atoms with Crippen LogP contribution >= 0.6 is 23.2 Å². The standard InChI is InChI=1S/C30H28Cl2N2O5S/c1-20-16-21(2)18-24(17-20)38-15-14-34(3)30(35)26-19-22(31)8-13-28(26)33-40(36,37)25-11-9-23(10-12-25)39-29-7-5-4-6-27(29)32/h4-13,16-19,33H,14-15H2,1-3H3. The average molecular weight is 600 g/mol. The van der Waals surface area contributed by atoms with Gasteiger partial charge in [-0.2, -0.15) is 0 Å². The number of hydrogen-bond donors (Lipinski definition) is 1. The van der Waals surface area contributed by atoms with Crippen LogP contribution in [0.3, 0.4) is 0 Å². The highest BCUT2D eigenvalue weighted by atomic mass is 35.5. The van der Waals surface area contributed by atoms with E-state index in [-0.39, 0.29) is 29.3 Å². The van der Waals surface area contributed by atoms with Gasteiger partial charge in [-0.05, 0) is 91.7 Å². The minimum Gasteiger partial charge on any atom is -0.492 e. The van der Waals surface area contributed by atoms with Gasteiger partial charge in [-0.1, -0.05) is 41.4 Å². The van der Waals surface area contributed by atoms with E-state index in [2.05, 4.69) is 4.72 Å². The van der Waals surface area contributed by atoms with Crippen LogP contribution in [0.5, 0.6) is 17.2 Å². The molecule has 0 fully saturated rings. The summed E-state index contributed by atoms with van der Waals surface area (Å²) in [6.45, 7) is 4.51. The van der Waals surface area contributed by atoms with Crippen LogP contribution < -0.4 is 14.2 Å². The number of anilines is 1. The second kappa shape index (κ2) is 12.6. The third kappa shape index (κ3) is 7.47. The molecule has 1 N–H and O–H groups in total. The predicted octanol–water partition coefficient (Wildman–Crippen LogP) is 7.35. The van der Waals surface area contributed by atoms with E-state index in [9.17, 15) is 13.2 Å². The zero-order valence-electron chi connectivity index (χ0n) is 22.1. The van der Waals surface area contributed by atoms with Crippen molar-refractivity contribution in [3.8, 4) is 17.2 Å². The highest BCUT2D eigenvalue weighted by Gasteiger charge is 2.22. The molecule has 10 heteroatoms. The zero-order valence-corrected chi connectivity index (χ0v) is 24.5. The van der Waals surface area contributed by atoms with E-state index in [4.69, 9.17) is 32.7 Å². The molecular weight excluding hydrogens is 571 g/mol. The minimum atomic E-state index is -4.04. The van der Waals surface area contributed by atoms with E-state index < -0.39 is 15.9 Å². The van der Waals surface area contributed by atoms with Gasteiger partial charge in [-0.25, -0.2) is 8.42 Å². The Bertz CT molecular complexity index is 1610. The highest BCUT2D eigenvalue weighted by molar-refractivity contribution is 7.92. The second-order valence-electron chi connectivity index (χ2n) is 9.20. The smallest absolute Gasteiger partial charge is 0.261 e. The molecule has 1 amide bonds. The van der Waals surface area contributed by atoms with Crippen LogP contribution in [0, 0.1) is 13.8 Å². The molecule has 4 aromatic carbocycles. The van der Waals surface area contributed by atoms with Gasteiger partial charge in [-0.3, -0.25) is 9.52 Å². The van der Waals surface area contributed by atoms with Crippen LogP contribution in [0.2, 0.25) is 10.0 Å². The van der Waals surface area contributed by atoms with Crippen molar-refractivity contribution >= 4 is 44.8 Å². The summed E-state index contributed by atoms with van der Waals surface area (Å²) in [5.41, 5.74) is 2.38. The largest absolute Gasteiger partial charge is 0.492 e. The Hall–Kier alpha value is -3.72. The molecule has 0 bridgehead atoms. The molecule has 0 aromatic heterocycles. The SMILES string of the molecule is Cc1cc(C)cc(OCCN(C)C(=O)c2cc(Cl)ccc2NS(=O)(=O)c2ccc(Oc3ccccc3Cl)cc2)c1. The van der Waals surface area contributed by atoms with Crippen molar-refractivity contribution in [3.63, 3.8) is 0 Å². The minimum absolute atomic E-state index is 0.0115. The van der Waals surface area contributed by atoms with Gasteiger partial charge in [-0.15, -0.1) is 0 Å². The third-order valence-electron chi connectivity index (χ3n) is 5.89. The molecule has 0 saturated carbocycles. The lowest BCUT2D eigenvalue weighted by Gasteiger charge is -2.20. The maximum Gasteiger partial charge on any atom is 0.261 e. The fraction of sp³-hybridized carbons (Fsp3) is 0.167. The Balaban J connectivity index is 1.45. The quantitative estimate of drug-likeness (QED) is 0.206. The van der Waals surface area contributed by atoms with Crippen LogP contribution in [0.15, 0.2) is 89.8 Å². The molecule has 0 atom stereocenters. The second-order valence-corrected chi connectivity index (χ2v) is 11.7. The Morgan fingerprint density at radius 1 is 0.875 bits per heavy atom. The summed E-state index contributed by atoms with van der Waals surface area (Å²) in [5, 5.41) is 0.731. The maximum absolute atomic E-state index is 13.3. The molecule has 40 heavy (non-hydrogen) atoms. The van der Waals surface area contributed by atoms with Crippen LogP contribution in [-0.4, -0.2) is 39.4 Å². The molecule has 208 valence electrons.